The summed E-state index contributed by atoms with van der Waals surface area (Å²) >= 11 is 0. The average Bonchev–Trinajstić information content (AvgIpc) is 2.78. The normalized spacial score (nSPS) is 19.4. The van der Waals surface area contributed by atoms with Gasteiger partial charge in [0.1, 0.15) is 11.8 Å². The van der Waals surface area contributed by atoms with Crippen LogP contribution in [0.5, 0.6) is 0 Å². The molecule has 142 valence electrons. The number of hydrogen-bond acceptors (Lipinski definition) is 4. The van der Waals surface area contributed by atoms with Crippen molar-refractivity contribution in [1.29, 1.82) is 0 Å². The zero-order valence-corrected chi connectivity index (χ0v) is 15.7. The molecular weight excluding hydrogens is 350 g/mol. The van der Waals surface area contributed by atoms with Crippen LogP contribution >= 0.6 is 0 Å². The monoisotopic (exact) mass is 373 g/mol. The number of fused-ring (bicyclic) bond motifs is 2. The largest absolute Gasteiger partial charge is 0.370 e. The number of amides is 1. The molecule has 2 aromatic carbocycles. The number of ether oxygens (including phenoxy) is 1. The van der Waals surface area contributed by atoms with E-state index in [-0.39, 0.29) is 12.0 Å². The van der Waals surface area contributed by atoms with Crippen molar-refractivity contribution in [1.82, 2.24) is 15.2 Å². The molecule has 5 heteroatoms. The van der Waals surface area contributed by atoms with Crippen molar-refractivity contribution in [2.45, 2.75) is 19.1 Å². The molecule has 0 bridgehead atoms. The number of pyridine rings is 1. The number of rotatable bonds is 2. The van der Waals surface area contributed by atoms with Gasteiger partial charge in [0.25, 0.3) is 5.91 Å². The smallest absolute Gasteiger partial charge is 0.272 e. The second-order valence-electron chi connectivity index (χ2n) is 7.41. The third-order valence-electron chi connectivity index (χ3n) is 5.68. The van der Waals surface area contributed by atoms with Crippen molar-refractivity contribution < 1.29 is 9.53 Å². The van der Waals surface area contributed by atoms with Crippen LogP contribution < -0.4 is 5.32 Å². The molecule has 1 saturated heterocycles. The third-order valence-corrected chi connectivity index (χ3v) is 5.68. The van der Waals surface area contributed by atoms with E-state index in [2.05, 4.69) is 46.7 Å². The van der Waals surface area contributed by atoms with Gasteiger partial charge in [-0.3, -0.25) is 4.79 Å². The lowest BCUT2D eigenvalue weighted by atomic mass is 9.99. The number of nitrogens with zero attached hydrogens (tertiary/aromatic N) is 2. The molecule has 0 saturated carbocycles. The summed E-state index contributed by atoms with van der Waals surface area (Å²) in [4.78, 5) is 19.6. The number of benzene rings is 2. The predicted octanol–water partition coefficient (Wildman–Crippen LogP) is 3.09. The van der Waals surface area contributed by atoms with Gasteiger partial charge in [-0.25, -0.2) is 4.98 Å². The van der Waals surface area contributed by atoms with Crippen LogP contribution in [0.4, 0.5) is 0 Å². The van der Waals surface area contributed by atoms with E-state index in [0.717, 1.165) is 30.8 Å². The van der Waals surface area contributed by atoms with Crippen molar-refractivity contribution in [3.8, 4) is 0 Å². The molecule has 1 amide bonds. The SMILES string of the molecule is O=C(c1ccc2c(n1)CNCC2)N1CCOC(c2cccc3ccccc23)C1. The van der Waals surface area contributed by atoms with Gasteiger partial charge in [0.2, 0.25) is 0 Å². The summed E-state index contributed by atoms with van der Waals surface area (Å²) < 4.78 is 6.05. The lowest BCUT2D eigenvalue weighted by Gasteiger charge is -2.33. The maximum absolute atomic E-state index is 13.1. The molecule has 0 aliphatic carbocycles. The minimum Gasteiger partial charge on any atom is -0.370 e. The first kappa shape index (κ1) is 17.3. The molecule has 1 fully saturated rings. The quantitative estimate of drug-likeness (QED) is 0.750. The highest BCUT2D eigenvalue weighted by atomic mass is 16.5. The molecular formula is C23H23N3O2. The van der Waals surface area contributed by atoms with Crippen LogP contribution in [-0.4, -0.2) is 42.0 Å². The number of aromatic nitrogens is 1. The van der Waals surface area contributed by atoms with Gasteiger partial charge >= 0.3 is 0 Å². The summed E-state index contributed by atoms with van der Waals surface area (Å²) in [7, 11) is 0. The second kappa shape index (κ2) is 7.34. The van der Waals surface area contributed by atoms with Crippen molar-refractivity contribution >= 4 is 16.7 Å². The number of carbonyl (C=O) groups excluding carboxylic acids is 1. The highest BCUT2D eigenvalue weighted by Crippen LogP contribution is 2.29. The fourth-order valence-electron chi connectivity index (χ4n) is 4.17. The van der Waals surface area contributed by atoms with Gasteiger partial charge < -0.3 is 15.0 Å². The highest BCUT2D eigenvalue weighted by Gasteiger charge is 2.28. The van der Waals surface area contributed by atoms with E-state index in [1.165, 1.54) is 16.3 Å². The van der Waals surface area contributed by atoms with E-state index in [9.17, 15) is 4.79 Å². The topological polar surface area (TPSA) is 54.5 Å². The van der Waals surface area contributed by atoms with E-state index in [1.54, 1.807) is 0 Å². The Morgan fingerprint density at radius 1 is 1.11 bits per heavy atom. The third kappa shape index (κ3) is 3.17. The summed E-state index contributed by atoms with van der Waals surface area (Å²) in [6.07, 6.45) is 0.848. The van der Waals surface area contributed by atoms with E-state index in [4.69, 9.17) is 4.74 Å². The molecule has 1 atom stereocenters. The van der Waals surface area contributed by atoms with Crippen LogP contribution in [0.25, 0.3) is 10.8 Å². The lowest BCUT2D eigenvalue weighted by molar-refractivity contribution is -0.0223. The van der Waals surface area contributed by atoms with E-state index < -0.39 is 0 Å². The van der Waals surface area contributed by atoms with Gasteiger partial charge in [-0.15, -0.1) is 0 Å². The number of hydrogen-bond donors (Lipinski definition) is 1. The van der Waals surface area contributed by atoms with Gasteiger partial charge in [-0.2, -0.15) is 0 Å². The molecule has 1 aromatic heterocycles. The Morgan fingerprint density at radius 3 is 2.96 bits per heavy atom. The van der Waals surface area contributed by atoms with E-state index in [1.807, 2.05) is 23.1 Å². The maximum atomic E-state index is 13.1. The zero-order chi connectivity index (χ0) is 18.9. The van der Waals surface area contributed by atoms with E-state index in [0.29, 0.717) is 25.4 Å². The zero-order valence-electron chi connectivity index (χ0n) is 15.7. The molecule has 1 N–H and O–H groups in total. The van der Waals surface area contributed by atoms with Crippen LogP contribution in [0, 0.1) is 0 Å². The van der Waals surface area contributed by atoms with Gasteiger partial charge in [0.15, 0.2) is 0 Å². The first-order chi connectivity index (χ1) is 13.8. The highest BCUT2D eigenvalue weighted by molar-refractivity contribution is 5.92. The molecule has 1 unspecified atom stereocenters. The predicted molar refractivity (Wildman–Crippen MR) is 108 cm³/mol. The Morgan fingerprint density at radius 2 is 2.00 bits per heavy atom. The molecule has 2 aliphatic rings. The Kier molecular flexibility index (Phi) is 4.55. The summed E-state index contributed by atoms with van der Waals surface area (Å²) in [6.45, 7) is 3.38. The van der Waals surface area contributed by atoms with E-state index >= 15 is 0 Å². The number of nitrogens with one attached hydrogen (secondary N) is 1. The molecule has 28 heavy (non-hydrogen) atoms. The van der Waals surface area contributed by atoms with Gasteiger partial charge in [0.05, 0.1) is 18.8 Å². The van der Waals surface area contributed by atoms with Crippen LogP contribution in [0.1, 0.15) is 33.4 Å². The van der Waals surface area contributed by atoms with Gasteiger partial charge in [-0.05, 0) is 40.9 Å². The van der Waals surface area contributed by atoms with Crippen molar-refractivity contribution in [3.63, 3.8) is 0 Å². The standard InChI is InChI=1S/C23H23N3O2/c27-23(20-9-8-17-10-11-24-14-21(17)25-20)26-12-13-28-22(15-26)19-7-3-5-16-4-1-2-6-18(16)19/h1-9,22,24H,10-15H2. The maximum Gasteiger partial charge on any atom is 0.272 e. The van der Waals surface area contributed by atoms with Crippen molar-refractivity contribution in [2.24, 2.45) is 0 Å². The second-order valence-corrected chi connectivity index (χ2v) is 7.41. The first-order valence-electron chi connectivity index (χ1n) is 9.87. The lowest BCUT2D eigenvalue weighted by Crippen LogP contribution is -2.42. The van der Waals surface area contributed by atoms with Crippen molar-refractivity contribution in [3.05, 3.63) is 77.1 Å². The first-order valence-corrected chi connectivity index (χ1v) is 9.87. The summed E-state index contributed by atoms with van der Waals surface area (Å²) in [5.41, 5.74) is 3.90. The molecule has 3 aromatic rings. The fourth-order valence-corrected chi connectivity index (χ4v) is 4.17. The molecule has 5 nitrogen and oxygen atoms in total. The van der Waals surface area contributed by atoms with Gasteiger partial charge in [0, 0.05) is 13.1 Å². The molecule has 0 radical (unpaired) electrons. The Labute approximate surface area is 164 Å². The number of carbonyl (C=O) groups is 1. The molecule has 5 rings (SSSR count). The van der Waals surface area contributed by atoms with Crippen LogP contribution in [0.15, 0.2) is 54.6 Å². The van der Waals surface area contributed by atoms with Crippen molar-refractivity contribution in [2.75, 3.05) is 26.2 Å². The summed E-state index contributed by atoms with van der Waals surface area (Å²) in [5, 5.41) is 5.70. The Hall–Kier alpha value is -2.76. The van der Waals surface area contributed by atoms with Crippen LogP contribution in [0.2, 0.25) is 0 Å². The fraction of sp³-hybridized carbons (Fsp3) is 0.304. The Balaban J connectivity index is 1.40. The minimum absolute atomic E-state index is 0.0121. The average molecular weight is 373 g/mol. The Bertz CT molecular complexity index is 1030. The minimum atomic E-state index is -0.122. The van der Waals surface area contributed by atoms with Crippen LogP contribution in [0.3, 0.4) is 0 Å². The molecule has 0 spiro atoms. The van der Waals surface area contributed by atoms with Crippen LogP contribution in [-0.2, 0) is 17.7 Å². The summed E-state index contributed by atoms with van der Waals surface area (Å²) in [6, 6.07) is 18.5. The van der Waals surface area contributed by atoms with Gasteiger partial charge in [-0.1, -0.05) is 48.5 Å². The molecule has 3 heterocycles. The molecule has 2 aliphatic heterocycles. The number of morpholine rings is 1. The summed E-state index contributed by atoms with van der Waals surface area (Å²) in [5.74, 6) is -0.0121.